The maximum Gasteiger partial charge on any atom is 0.264 e. The van der Waals surface area contributed by atoms with Gasteiger partial charge in [0.15, 0.2) is 11.6 Å². The number of aliphatic hydroxyl groups excluding tert-OH is 1. The minimum atomic E-state index is -3.38. The quantitative estimate of drug-likeness (QED) is 0.726. The zero-order chi connectivity index (χ0) is 17.0. The Morgan fingerprint density at radius 2 is 1.50 bits per heavy atom. The molecule has 2 atom stereocenters. The van der Waals surface area contributed by atoms with Crippen LogP contribution in [0.25, 0.3) is 0 Å². The largest absolute Gasteiger partial charge is 0.394 e. The second kappa shape index (κ2) is 7.52. The standard InChI is InChI=1S/C7H14O5S.C6H12O3/c1-7(2)10-4-6(12-7)5-11-13(3,8)9;1-6(2)8-4-5(3-7)9-6/h6H,4-5H2,1-3H3;5,7H,3-4H2,1-2H3/t6-;5-/m10/s1. The van der Waals surface area contributed by atoms with Crippen molar-refractivity contribution < 1.29 is 36.7 Å². The Bertz CT molecular complexity index is 445. The van der Waals surface area contributed by atoms with Crippen molar-refractivity contribution in [1.82, 2.24) is 0 Å². The van der Waals surface area contributed by atoms with Crippen molar-refractivity contribution in [2.24, 2.45) is 0 Å². The van der Waals surface area contributed by atoms with Gasteiger partial charge in [0.1, 0.15) is 12.2 Å². The summed E-state index contributed by atoms with van der Waals surface area (Å²) in [6.07, 6.45) is 0.582. The Balaban J connectivity index is 0.000000235. The lowest BCUT2D eigenvalue weighted by Gasteiger charge is -2.16. The summed E-state index contributed by atoms with van der Waals surface area (Å²) in [6.45, 7) is 8.14. The average Bonchev–Trinajstić information content (AvgIpc) is 2.89. The fourth-order valence-electron chi connectivity index (χ4n) is 1.90. The molecule has 0 unspecified atom stereocenters. The molecule has 0 saturated carbocycles. The van der Waals surface area contributed by atoms with Gasteiger partial charge in [0.05, 0.1) is 32.7 Å². The van der Waals surface area contributed by atoms with E-state index in [2.05, 4.69) is 4.18 Å². The van der Waals surface area contributed by atoms with E-state index in [1.54, 1.807) is 13.8 Å². The monoisotopic (exact) mass is 342 g/mol. The summed E-state index contributed by atoms with van der Waals surface area (Å²) in [4.78, 5) is 0. The Kier molecular flexibility index (Phi) is 6.75. The average molecular weight is 342 g/mol. The summed E-state index contributed by atoms with van der Waals surface area (Å²) in [6, 6.07) is 0. The smallest absolute Gasteiger partial charge is 0.264 e. The van der Waals surface area contributed by atoms with E-state index in [0.717, 1.165) is 6.26 Å². The van der Waals surface area contributed by atoms with Crippen molar-refractivity contribution in [3.05, 3.63) is 0 Å². The summed E-state index contributed by atoms with van der Waals surface area (Å²) in [5.74, 6) is -1.13. The second-order valence-electron chi connectivity index (χ2n) is 6.07. The highest BCUT2D eigenvalue weighted by Crippen LogP contribution is 2.22. The van der Waals surface area contributed by atoms with Gasteiger partial charge in [-0.05, 0) is 27.7 Å². The van der Waals surface area contributed by atoms with E-state index < -0.39 is 21.7 Å². The van der Waals surface area contributed by atoms with Crippen LogP contribution in [-0.2, 0) is 33.2 Å². The molecule has 2 saturated heterocycles. The summed E-state index contributed by atoms with van der Waals surface area (Å²) in [7, 11) is -3.38. The van der Waals surface area contributed by atoms with Gasteiger partial charge in [0.2, 0.25) is 0 Å². The SMILES string of the molecule is CC1(C)OC[C@H](CO)O1.CC1(C)OC[C@H](COS(C)(=O)=O)O1. The predicted octanol–water partition coefficient (Wildman–Crippen LogP) is 0.244. The fraction of sp³-hybridized carbons (Fsp3) is 1.00. The summed E-state index contributed by atoms with van der Waals surface area (Å²) < 4.78 is 46.8. The Morgan fingerprint density at radius 1 is 1.05 bits per heavy atom. The molecule has 0 aromatic heterocycles. The second-order valence-corrected chi connectivity index (χ2v) is 7.72. The van der Waals surface area contributed by atoms with Crippen molar-refractivity contribution in [1.29, 1.82) is 0 Å². The van der Waals surface area contributed by atoms with Gasteiger partial charge in [-0.15, -0.1) is 0 Å². The normalized spacial score (nSPS) is 29.9. The summed E-state index contributed by atoms with van der Waals surface area (Å²) in [5, 5.41) is 8.59. The zero-order valence-corrected chi connectivity index (χ0v) is 14.5. The molecule has 0 aromatic carbocycles. The van der Waals surface area contributed by atoms with E-state index in [-0.39, 0.29) is 25.4 Å². The molecule has 132 valence electrons. The van der Waals surface area contributed by atoms with Crippen LogP contribution in [0.2, 0.25) is 0 Å². The molecular weight excluding hydrogens is 316 g/mol. The third-order valence-corrected chi connectivity index (χ3v) is 3.37. The molecule has 2 heterocycles. The number of rotatable bonds is 4. The van der Waals surface area contributed by atoms with E-state index in [4.69, 9.17) is 24.1 Å². The number of ether oxygens (including phenoxy) is 4. The fourth-order valence-corrected chi connectivity index (χ4v) is 2.30. The highest BCUT2D eigenvalue weighted by atomic mass is 32.2. The first-order valence-electron chi connectivity index (χ1n) is 7.01. The van der Waals surface area contributed by atoms with Gasteiger partial charge in [-0.25, -0.2) is 0 Å². The molecule has 2 aliphatic rings. The maximum atomic E-state index is 10.6. The first kappa shape index (κ1) is 19.8. The first-order chi connectivity index (χ1) is 9.92. The highest BCUT2D eigenvalue weighted by Gasteiger charge is 2.33. The van der Waals surface area contributed by atoms with Gasteiger partial charge in [-0.1, -0.05) is 0 Å². The van der Waals surface area contributed by atoms with Crippen LogP contribution in [0.3, 0.4) is 0 Å². The van der Waals surface area contributed by atoms with Crippen molar-refractivity contribution >= 4 is 10.1 Å². The van der Waals surface area contributed by atoms with Crippen molar-refractivity contribution in [2.75, 3.05) is 32.7 Å². The zero-order valence-electron chi connectivity index (χ0n) is 13.7. The van der Waals surface area contributed by atoms with Crippen LogP contribution >= 0.6 is 0 Å². The Hall–Kier alpha value is -0.290. The summed E-state index contributed by atoms with van der Waals surface area (Å²) >= 11 is 0. The van der Waals surface area contributed by atoms with E-state index in [0.29, 0.717) is 13.2 Å². The predicted molar refractivity (Wildman–Crippen MR) is 77.7 cm³/mol. The van der Waals surface area contributed by atoms with Crippen LogP contribution in [-0.4, -0.2) is 70.0 Å². The van der Waals surface area contributed by atoms with Crippen LogP contribution in [0.4, 0.5) is 0 Å². The van der Waals surface area contributed by atoms with Crippen molar-refractivity contribution in [3.8, 4) is 0 Å². The molecule has 2 fully saturated rings. The number of hydrogen-bond donors (Lipinski definition) is 1. The molecule has 0 bridgehead atoms. The topological polar surface area (TPSA) is 101 Å². The Morgan fingerprint density at radius 3 is 1.77 bits per heavy atom. The molecule has 0 aliphatic carbocycles. The third kappa shape index (κ3) is 7.82. The van der Waals surface area contributed by atoms with Gasteiger partial charge >= 0.3 is 0 Å². The van der Waals surface area contributed by atoms with Crippen LogP contribution in [0.1, 0.15) is 27.7 Å². The molecule has 0 spiro atoms. The maximum absolute atomic E-state index is 10.6. The molecule has 1 N–H and O–H groups in total. The minimum Gasteiger partial charge on any atom is -0.394 e. The van der Waals surface area contributed by atoms with Crippen LogP contribution in [0.15, 0.2) is 0 Å². The van der Waals surface area contributed by atoms with Crippen molar-refractivity contribution in [2.45, 2.75) is 51.5 Å². The molecule has 0 amide bonds. The molecule has 0 aromatic rings. The molecule has 0 radical (unpaired) electrons. The molecule has 8 nitrogen and oxygen atoms in total. The molecule has 2 aliphatic heterocycles. The number of aliphatic hydroxyl groups is 1. The lowest BCUT2D eigenvalue weighted by atomic mass is 10.4. The van der Waals surface area contributed by atoms with E-state index in [9.17, 15) is 8.42 Å². The van der Waals surface area contributed by atoms with E-state index in [1.807, 2.05) is 13.8 Å². The highest BCUT2D eigenvalue weighted by molar-refractivity contribution is 7.85. The van der Waals surface area contributed by atoms with Gasteiger partial charge < -0.3 is 24.1 Å². The first-order valence-corrected chi connectivity index (χ1v) is 8.83. The summed E-state index contributed by atoms with van der Waals surface area (Å²) in [5.41, 5.74) is 0. The van der Waals surface area contributed by atoms with E-state index >= 15 is 0 Å². The van der Waals surface area contributed by atoms with Crippen molar-refractivity contribution in [3.63, 3.8) is 0 Å². The van der Waals surface area contributed by atoms with Crippen LogP contribution < -0.4 is 0 Å². The van der Waals surface area contributed by atoms with Crippen LogP contribution in [0, 0.1) is 0 Å². The molecule has 9 heteroatoms. The number of hydrogen-bond acceptors (Lipinski definition) is 8. The molecule has 2 rings (SSSR count). The molecular formula is C13H26O8S. The van der Waals surface area contributed by atoms with Gasteiger partial charge in [0.25, 0.3) is 10.1 Å². The minimum absolute atomic E-state index is 0.0161. The van der Waals surface area contributed by atoms with Gasteiger partial charge in [-0.3, -0.25) is 4.18 Å². The van der Waals surface area contributed by atoms with Crippen LogP contribution in [0.5, 0.6) is 0 Å². The van der Waals surface area contributed by atoms with Gasteiger partial charge in [-0.2, -0.15) is 8.42 Å². The van der Waals surface area contributed by atoms with Gasteiger partial charge in [0, 0.05) is 0 Å². The lowest BCUT2D eigenvalue weighted by molar-refractivity contribution is -0.142. The Labute approximate surface area is 131 Å². The lowest BCUT2D eigenvalue weighted by Crippen LogP contribution is -2.24. The van der Waals surface area contributed by atoms with E-state index in [1.165, 1.54) is 0 Å². The third-order valence-electron chi connectivity index (χ3n) is 2.81. The molecule has 22 heavy (non-hydrogen) atoms.